The molecular weight excluding hydrogens is 220 g/mol. The van der Waals surface area contributed by atoms with Crippen LogP contribution >= 0.6 is 0 Å². The molecule has 2 rings (SSSR count). The number of furan rings is 1. The number of hydrogen-bond acceptors (Lipinski definition) is 4. The van der Waals surface area contributed by atoms with E-state index in [2.05, 4.69) is 0 Å². The van der Waals surface area contributed by atoms with E-state index in [0.717, 1.165) is 0 Å². The van der Waals surface area contributed by atoms with Crippen molar-refractivity contribution in [3.63, 3.8) is 0 Å². The molecule has 0 spiro atoms. The fourth-order valence-corrected chi connectivity index (χ4v) is 1.58. The second-order valence-electron chi connectivity index (χ2n) is 3.40. The van der Waals surface area contributed by atoms with Gasteiger partial charge in [-0.3, -0.25) is 0 Å². The van der Waals surface area contributed by atoms with Crippen LogP contribution in [0.15, 0.2) is 41.0 Å². The van der Waals surface area contributed by atoms with Crippen molar-refractivity contribution in [1.29, 1.82) is 0 Å². The Labute approximate surface area is 98.4 Å². The Hall–Kier alpha value is -2.23. The van der Waals surface area contributed by atoms with Gasteiger partial charge in [0.2, 0.25) is 5.76 Å². The summed E-state index contributed by atoms with van der Waals surface area (Å²) in [5.41, 5.74) is 1.07. The number of phenolic OH excluding ortho intramolecular Hbond substituents is 1. The Morgan fingerprint density at radius 3 is 2.76 bits per heavy atom. The zero-order valence-electron chi connectivity index (χ0n) is 9.34. The highest BCUT2D eigenvalue weighted by atomic mass is 16.5. The molecule has 2 aromatic rings. The number of ether oxygens (including phenoxy) is 1. The standard InChI is InChI=1S/C13H12O4/c1-2-16-13(15)12-10(7-8-17-12)9-5-3-4-6-11(9)14/h3-8,14H,2H2,1H3. The first-order chi connectivity index (χ1) is 8.24. The van der Waals surface area contributed by atoms with Gasteiger partial charge in [-0.05, 0) is 19.1 Å². The molecule has 0 aliphatic carbocycles. The van der Waals surface area contributed by atoms with Crippen molar-refractivity contribution < 1.29 is 19.1 Å². The van der Waals surface area contributed by atoms with Crippen LogP contribution in [0.3, 0.4) is 0 Å². The van der Waals surface area contributed by atoms with E-state index in [0.29, 0.717) is 11.1 Å². The summed E-state index contributed by atoms with van der Waals surface area (Å²) in [4.78, 5) is 11.6. The van der Waals surface area contributed by atoms with Crippen molar-refractivity contribution in [2.24, 2.45) is 0 Å². The van der Waals surface area contributed by atoms with Crippen LogP contribution in [-0.2, 0) is 4.74 Å². The number of carbonyl (C=O) groups excluding carboxylic acids is 1. The lowest BCUT2D eigenvalue weighted by Crippen LogP contribution is -2.04. The van der Waals surface area contributed by atoms with Crippen molar-refractivity contribution in [2.45, 2.75) is 6.92 Å². The third kappa shape index (κ3) is 2.15. The number of aromatic hydroxyl groups is 1. The molecule has 0 radical (unpaired) electrons. The van der Waals surface area contributed by atoms with Crippen LogP contribution in [0, 0.1) is 0 Å². The minimum atomic E-state index is -0.532. The van der Waals surface area contributed by atoms with Crippen LogP contribution < -0.4 is 0 Å². The molecule has 4 heteroatoms. The van der Waals surface area contributed by atoms with Crippen molar-refractivity contribution in [3.05, 3.63) is 42.4 Å². The maximum Gasteiger partial charge on any atom is 0.374 e. The molecule has 17 heavy (non-hydrogen) atoms. The SMILES string of the molecule is CCOC(=O)c1occc1-c1ccccc1O. The number of benzene rings is 1. The zero-order valence-corrected chi connectivity index (χ0v) is 9.34. The molecule has 0 bridgehead atoms. The number of para-hydroxylation sites is 1. The van der Waals surface area contributed by atoms with E-state index in [4.69, 9.17) is 9.15 Å². The predicted molar refractivity (Wildman–Crippen MR) is 61.8 cm³/mol. The normalized spacial score (nSPS) is 10.2. The van der Waals surface area contributed by atoms with Crippen molar-refractivity contribution in [1.82, 2.24) is 0 Å². The van der Waals surface area contributed by atoms with Crippen molar-refractivity contribution >= 4 is 5.97 Å². The maximum atomic E-state index is 11.6. The molecule has 1 N–H and O–H groups in total. The van der Waals surface area contributed by atoms with Crippen LogP contribution in [0.5, 0.6) is 5.75 Å². The highest BCUT2D eigenvalue weighted by molar-refractivity contribution is 5.95. The van der Waals surface area contributed by atoms with Crippen LogP contribution in [0.1, 0.15) is 17.5 Å². The van der Waals surface area contributed by atoms with Gasteiger partial charge in [-0.2, -0.15) is 0 Å². The zero-order chi connectivity index (χ0) is 12.3. The fraction of sp³-hybridized carbons (Fsp3) is 0.154. The van der Waals surface area contributed by atoms with Gasteiger partial charge in [0.05, 0.1) is 12.9 Å². The van der Waals surface area contributed by atoms with Crippen LogP contribution in [0.4, 0.5) is 0 Å². The molecule has 1 aromatic carbocycles. The molecule has 0 atom stereocenters. The summed E-state index contributed by atoms with van der Waals surface area (Å²) in [6, 6.07) is 8.38. The van der Waals surface area contributed by atoms with E-state index in [1.54, 1.807) is 37.3 Å². The van der Waals surface area contributed by atoms with Gasteiger partial charge >= 0.3 is 5.97 Å². The first-order valence-corrected chi connectivity index (χ1v) is 5.27. The lowest BCUT2D eigenvalue weighted by Gasteiger charge is -2.04. The highest BCUT2D eigenvalue weighted by Crippen LogP contribution is 2.32. The summed E-state index contributed by atoms with van der Waals surface area (Å²) in [5.74, 6) is -0.330. The van der Waals surface area contributed by atoms with Gasteiger partial charge in [-0.15, -0.1) is 0 Å². The quantitative estimate of drug-likeness (QED) is 0.826. The van der Waals surface area contributed by atoms with E-state index in [9.17, 15) is 9.90 Å². The molecule has 0 fully saturated rings. The first-order valence-electron chi connectivity index (χ1n) is 5.27. The Balaban J connectivity index is 2.44. The Bertz CT molecular complexity index is 528. The number of phenols is 1. The maximum absolute atomic E-state index is 11.6. The molecular formula is C13H12O4. The van der Waals surface area contributed by atoms with Crippen LogP contribution in [0.2, 0.25) is 0 Å². The molecule has 1 aromatic heterocycles. The van der Waals surface area contributed by atoms with Gasteiger partial charge in [0.25, 0.3) is 0 Å². The Kier molecular flexibility index (Phi) is 3.14. The van der Waals surface area contributed by atoms with E-state index in [-0.39, 0.29) is 18.1 Å². The third-order valence-corrected chi connectivity index (χ3v) is 2.32. The van der Waals surface area contributed by atoms with Crippen LogP contribution in [-0.4, -0.2) is 17.7 Å². The lowest BCUT2D eigenvalue weighted by molar-refractivity contribution is 0.0491. The van der Waals surface area contributed by atoms with Crippen molar-refractivity contribution in [2.75, 3.05) is 6.61 Å². The molecule has 0 saturated carbocycles. The third-order valence-electron chi connectivity index (χ3n) is 2.32. The van der Waals surface area contributed by atoms with Gasteiger partial charge in [0.1, 0.15) is 5.75 Å². The smallest absolute Gasteiger partial charge is 0.374 e. The molecule has 0 aliphatic heterocycles. The van der Waals surface area contributed by atoms with E-state index < -0.39 is 5.97 Å². The van der Waals surface area contributed by atoms with Gasteiger partial charge in [-0.1, -0.05) is 18.2 Å². The number of hydrogen-bond donors (Lipinski definition) is 1. The van der Waals surface area contributed by atoms with Gasteiger partial charge in [0.15, 0.2) is 0 Å². The van der Waals surface area contributed by atoms with Gasteiger partial charge in [-0.25, -0.2) is 4.79 Å². The summed E-state index contributed by atoms with van der Waals surface area (Å²) in [6.45, 7) is 2.00. The summed E-state index contributed by atoms with van der Waals surface area (Å²) in [5, 5.41) is 9.72. The van der Waals surface area contributed by atoms with Crippen molar-refractivity contribution in [3.8, 4) is 16.9 Å². The second kappa shape index (κ2) is 4.74. The molecule has 0 unspecified atom stereocenters. The summed E-state index contributed by atoms with van der Waals surface area (Å²) in [7, 11) is 0. The Morgan fingerprint density at radius 1 is 1.29 bits per heavy atom. The molecule has 0 amide bonds. The lowest BCUT2D eigenvalue weighted by atomic mass is 10.1. The van der Waals surface area contributed by atoms with Gasteiger partial charge in [0, 0.05) is 11.1 Å². The minimum absolute atomic E-state index is 0.0967. The molecule has 0 saturated heterocycles. The topological polar surface area (TPSA) is 59.7 Å². The van der Waals surface area contributed by atoms with E-state index in [1.807, 2.05) is 0 Å². The summed E-state index contributed by atoms with van der Waals surface area (Å²) in [6.07, 6.45) is 1.40. The summed E-state index contributed by atoms with van der Waals surface area (Å²) >= 11 is 0. The number of esters is 1. The first kappa shape index (κ1) is 11.3. The predicted octanol–water partition coefficient (Wildman–Crippen LogP) is 2.83. The molecule has 0 aliphatic rings. The van der Waals surface area contributed by atoms with Gasteiger partial charge < -0.3 is 14.3 Å². The highest BCUT2D eigenvalue weighted by Gasteiger charge is 2.19. The van der Waals surface area contributed by atoms with E-state index >= 15 is 0 Å². The molecule has 4 nitrogen and oxygen atoms in total. The molecule has 88 valence electrons. The average Bonchev–Trinajstić information content (AvgIpc) is 2.79. The molecule has 1 heterocycles. The van der Waals surface area contributed by atoms with E-state index in [1.165, 1.54) is 6.26 Å². The largest absolute Gasteiger partial charge is 0.507 e. The fourth-order valence-electron chi connectivity index (χ4n) is 1.58. The average molecular weight is 232 g/mol. The second-order valence-corrected chi connectivity index (χ2v) is 3.40. The van der Waals surface area contributed by atoms with Crippen LogP contribution in [0.25, 0.3) is 11.1 Å². The number of rotatable bonds is 3. The Morgan fingerprint density at radius 2 is 2.06 bits per heavy atom. The number of carbonyl (C=O) groups is 1. The monoisotopic (exact) mass is 232 g/mol. The summed E-state index contributed by atoms with van der Waals surface area (Å²) < 4.78 is 9.98. The minimum Gasteiger partial charge on any atom is -0.507 e.